The first-order valence-electron chi connectivity index (χ1n) is 5.34. The Morgan fingerprint density at radius 1 is 1.33 bits per heavy atom. The van der Waals surface area contributed by atoms with Gasteiger partial charge in [0.1, 0.15) is 11.6 Å². The number of amides is 1. The number of benzene rings is 1. The summed E-state index contributed by atoms with van der Waals surface area (Å²) in [5.41, 5.74) is 3.08. The Morgan fingerprint density at radius 3 is 2.78 bits per heavy atom. The molecule has 1 amide bonds. The van der Waals surface area contributed by atoms with Crippen LogP contribution in [0.5, 0.6) is 0 Å². The monoisotopic (exact) mass is 246 g/mol. The second kappa shape index (κ2) is 5.77. The molecule has 0 aliphatic carbocycles. The van der Waals surface area contributed by atoms with Crippen molar-refractivity contribution in [1.82, 2.24) is 5.43 Å². The predicted molar refractivity (Wildman–Crippen MR) is 64.5 cm³/mol. The highest BCUT2D eigenvalue weighted by atomic mass is 19.1. The molecule has 1 aromatic carbocycles. The molecule has 1 heterocycles. The second-order valence-corrected chi connectivity index (χ2v) is 3.61. The summed E-state index contributed by atoms with van der Waals surface area (Å²) in [5.74, 6) is -0.0449. The highest BCUT2D eigenvalue weighted by Crippen LogP contribution is 2.03. The molecule has 2 aromatic rings. The van der Waals surface area contributed by atoms with Gasteiger partial charge in [-0.25, -0.2) is 9.82 Å². The number of rotatable bonds is 4. The molecule has 0 saturated heterocycles. The predicted octanol–water partition coefficient (Wildman–Crippen LogP) is 2.11. The first-order valence-corrected chi connectivity index (χ1v) is 5.34. The van der Waals surface area contributed by atoms with E-state index in [-0.39, 0.29) is 18.1 Å². The minimum Gasteiger partial charge on any atom is -0.463 e. The van der Waals surface area contributed by atoms with Gasteiger partial charge < -0.3 is 4.42 Å². The quantitative estimate of drug-likeness (QED) is 0.663. The molecule has 0 fully saturated rings. The summed E-state index contributed by atoms with van der Waals surface area (Å²) in [7, 11) is 0. The fraction of sp³-hybridized carbons (Fsp3) is 0.0769. The van der Waals surface area contributed by atoms with Gasteiger partial charge in [-0.1, -0.05) is 12.1 Å². The summed E-state index contributed by atoms with van der Waals surface area (Å²) in [6.07, 6.45) is 3.07. The highest BCUT2D eigenvalue weighted by molar-refractivity contribution is 5.81. The molecule has 0 aliphatic heterocycles. The molecular weight excluding hydrogens is 235 g/mol. The maximum Gasteiger partial charge on any atom is 0.244 e. The van der Waals surface area contributed by atoms with E-state index in [2.05, 4.69) is 10.5 Å². The van der Waals surface area contributed by atoms with Gasteiger partial charge in [0, 0.05) is 0 Å². The standard InChI is InChI=1S/C13H11FN2O2/c14-11-5-3-10(4-6-11)8-13(17)16-15-9-12-2-1-7-18-12/h1-7,9H,8H2,(H,16,17)/b15-9-. The van der Waals surface area contributed by atoms with Gasteiger partial charge in [-0.05, 0) is 29.8 Å². The number of nitrogens with one attached hydrogen (secondary N) is 1. The van der Waals surface area contributed by atoms with E-state index < -0.39 is 0 Å². The topological polar surface area (TPSA) is 54.6 Å². The molecule has 1 aromatic heterocycles. The van der Waals surface area contributed by atoms with Gasteiger partial charge in [0.25, 0.3) is 0 Å². The van der Waals surface area contributed by atoms with Crippen molar-refractivity contribution >= 4 is 12.1 Å². The average Bonchev–Trinajstić information content (AvgIpc) is 2.85. The van der Waals surface area contributed by atoms with E-state index in [1.54, 1.807) is 24.3 Å². The van der Waals surface area contributed by atoms with Crippen LogP contribution in [0, 0.1) is 5.82 Å². The molecule has 0 saturated carbocycles. The Balaban J connectivity index is 1.84. The van der Waals surface area contributed by atoms with Crippen molar-refractivity contribution < 1.29 is 13.6 Å². The zero-order valence-corrected chi connectivity index (χ0v) is 9.47. The molecule has 0 radical (unpaired) electrons. The van der Waals surface area contributed by atoms with Crippen LogP contribution in [0.3, 0.4) is 0 Å². The summed E-state index contributed by atoms with van der Waals surface area (Å²) < 4.78 is 17.7. The highest BCUT2D eigenvalue weighted by Gasteiger charge is 2.02. The molecule has 0 atom stereocenters. The SMILES string of the molecule is O=C(Cc1ccc(F)cc1)N/N=C\c1ccco1. The fourth-order valence-corrected chi connectivity index (χ4v) is 1.36. The van der Waals surface area contributed by atoms with Crippen molar-refractivity contribution in [2.45, 2.75) is 6.42 Å². The van der Waals surface area contributed by atoms with Gasteiger partial charge in [0.2, 0.25) is 5.91 Å². The lowest BCUT2D eigenvalue weighted by atomic mass is 10.1. The van der Waals surface area contributed by atoms with E-state index in [1.165, 1.54) is 24.6 Å². The molecule has 0 bridgehead atoms. The lowest BCUT2D eigenvalue weighted by Gasteiger charge is -1.99. The molecule has 0 spiro atoms. The number of carbonyl (C=O) groups is 1. The van der Waals surface area contributed by atoms with Crippen LogP contribution in [0.15, 0.2) is 52.2 Å². The molecule has 2 rings (SSSR count). The van der Waals surface area contributed by atoms with Crippen molar-refractivity contribution in [1.29, 1.82) is 0 Å². The lowest BCUT2D eigenvalue weighted by molar-refractivity contribution is -0.120. The fourth-order valence-electron chi connectivity index (χ4n) is 1.36. The van der Waals surface area contributed by atoms with Gasteiger partial charge >= 0.3 is 0 Å². The molecule has 0 unspecified atom stereocenters. The third-order valence-corrected chi connectivity index (χ3v) is 2.20. The number of hydrazone groups is 1. The Bertz CT molecular complexity index is 533. The van der Waals surface area contributed by atoms with Gasteiger partial charge in [-0.3, -0.25) is 4.79 Å². The van der Waals surface area contributed by atoms with Crippen LogP contribution in [-0.4, -0.2) is 12.1 Å². The molecule has 0 aliphatic rings. The van der Waals surface area contributed by atoms with Gasteiger partial charge in [-0.15, -0.1) is 0 Å². The summed E-state index contributed by atoms with van der Waals surface area (Å²) in [6.45, 7) is 0. The second-order valence-electron chi connectivity index (χ2n) is 3.61. The van der Waals surface area contributed by atoms with Crippen molar-refractivity contribution in [2.24, 2.45) is 5.10 Å². The zero-order valence-electron chi connectivity index (χ0n) is 9.47. The van der Waals surface area contributed by atoms with E-state index in [4.69, 9.17) is 4.42 Å². The summed E-state index contributed by atoms with van der Waals surface area (Å²) in [6, 6.07) is 9.19. The molecule has 1 N–H and O–H groups in total. The van der Waals surface area contributed by atoms with Gasteiger partial charge in [-0.2, -0.15) is 5.10 Å². The number of hydrogen-bond donors (Lipinski definition) is 1. The Morgan fingerprint density at radius 2 is 2.11 bits per heavy atom. The van der Waals surface area contributed by atoms with Crippen LogP contribution in [0.4, 0.5) is 4.39 Å². The van der Waals surface area contributed by atoms with Crippen LogP contribution < -0.4 is 5.43 Å². The molecule has 5 heteroatoms. The number of nitrogens with zero attached hydrogens (tertiary/aromatic N) is 1. The first-order chi connectivity index (χ1) is 8.74. The maximum absolute atomic E-state index is 12.6. The van der Waals surface area contributed by atoms with Crippen LogP contribution >= 0.6 is 0 Å². The number of halogens is 1. The number of hydrogen-bond acceptors (Lipinski definition) is 3. The molecular formula is C13H11FN2O2. The van der Waals surface area contributed by atoms with Crippen molar-refractivity contribution in [3.05, 3.63) is 59.8 Å². The normalized spacial score (nSPS) is 10.7. The largest absolute Gasteiger partial charge is 0.463 e. The van der Waals surface area contributed by atoms with Crippen LogP contribution in [0.2, 0.25) is 0 Å². The van der Waals surface area contributed by atoms with E-state index in [0.29, 0.717) is 5.76 Å². The van der Waals surface area contributed by atoms with Gasteiger partial charge in [0.15, 0.2) is 0 Å². The molecule has 4 nitrogen and oxygen atoms in total. The molecule has 18 heavy (non-hydrogen) atoms. The van der Waals surface area contributed by atoms with Crippen LogP contribution in [0.25, 0.3) is 0 Å². The van der Waals surface area contributed by atoms with Crippen molar-refractivity contribution in [3.63, 3.8) is 0 Å². The van der Waals surface area contributed by atoms with Crippen LogP contribution in [0.1, 0.15) is 11.3 Å². The Hall–Kier alpha value is -2.43. The third-order valence-electron chi connectivity index (χ3n) is 2.20. The third kappa shape index (κ3) is 3.55. The van der Waals surface area contributed by atoms with Crippen molar-refractivity contribution in [3.8, 4) is 0 Å². The lowest BCUT2D eigenvalue weighted by Crippen LogP contribution is -2.19. The number of carbonyl (C=O) groups excluding carboxylic acids is 1. The van der Waals surface area contributed by atoms with Crippen molar-refractivity contribution in [2.75, 3.05) is 0 Å². The van der Waals surface area contributed by atoms with E-state index in [1.807, 2.05) is 0 Å². The Kier molecular flexibility index (Phi) is 3.86. The maximum atomic E-state index is 12.6. The Labute approximate surface area is 103 Å². The average molecular weight is 246 g/mol. The van der Waals surface area contributed by atoms with E-state index >= 15 is 0 Å². The summed E-state index contributed by atoms with van der Waals surface area (Å²) in [5, 5.41) is 3.74. The first kappa shape index (κ1) is 12.0. The smallest absolute Gasteiger partial charge is 0.244 e. The minimum absolute atomic E-state index is 0.149. The van der Waals surface area contributed by atoms with Gasteiger partial charge in [0.05, 0.1) is 18.9 Å². The zero-order chi connectivity index (χ0) is 12.8. The van der Waals surface area contributed by atoms with Crippen LogP contribution in [-0.2, 0) is 11.2 Å². The van der Waals surface area contributed by atoms with E-state index in [0.717, 1.165) is 5.56 Å². The summed E-state index contributed by atoms with van der Waals surface area (Å²) in [4.78, 5) is 11.5. The summed E-state index contributed by atoms with van der Waals surface area (Å²) >= 11 is 0. The number of furan rings is 1. The van der Waals surface area contributed by atoms with E-state index in [9.17, 15) is 9.18 Å². The minimum atomic E-state index is -0.324. The molecule has 92 valence electrons.